The molecule has 82 valence electrons. The fourth-order valence-electron chi connectivity index (χ4n) is 1.03. The van der Waals surface area contributed by atoms with Gasteiger partial charge in [-0.15, -0.1) is 0 Å². The minimum absolute atomic E-state index is 0.272. The van der Waals surface area contributed by atoms with Crippen molar-refractivity contribution in [2.45, 2.75) is 5.16 Å². The number of hydrogen-bond acceptors (Lipinski definition) is 5. The van der Waals surface area contributed by atoms with Crippen molar-refractivity contribution in [1.82, 2.24) is 19.9 Å². The highest BCUT2D eigenvalue weighted by molar-refractivity contribution is 8.02. The fourth-order valence-corrected chi connectivity index (χ4v) is 1.64. The Balaban J connectivity index is 2.30. The first-order chi connectivity index (χ1) is 7.66. The molecule has 2 aromatic heterocycles. The van der Waals surface area contributed by atoms with Gasteiger partial charge in [0.05, 0.1) is 6.33 Å². The number of aromatic nitrogens is 4. The molecular formula is C8H6N4O3S. The van der Waals surface area contributed by atoms with Gasteiger partial charge in [-0.05, 0) is 5.41 Å². The van der Waals surface area contributed by atoms with Crippen LogP contribution in [0.5, 0.6) is 0 Å². The first-order valence-corrected chi connectivity index (χ1v) is 5.04. The molecule has 0 spiro atoms. The maximum atomic E-state index is 11.3. The first-order valence-electron chi connectivity index (χ1n) is 4.16. The van der Waals surface area contributed by atoms with Crippen molar-refractivity contribution in [2.75, 3.05) is 0 Å². The predicted molar refractivity (Wildman–Crippen MR) is 57.1 cm³/mol. The number of carboxylic acids is 1. The van der Waals surface area contributed by atoms with Crippen molar-refractivity contribution in [3.05, 3.63) is 28.2 Å². The maximum absolute atomic E-state index is 11.3. The highest BCUT2D eigenvalue weighted by atomic mass is 32.2. The number of imidazole rings is 1. The van der Waals surface area contributed by atoms with Crippen LogP contribution in [0.4, 0.5) is 0 Å². The molecule has 0 atom stereocenters. The topological polar surface area (TPSA) is 112 Å². The third-order valence-corrected chi connectivity index (χ3v) is 2.35. The molecule has 2 rings (SSSR count). The smallest absolute Gasteiger partial charge is 0.328 e. The molecule has 2 heterocycles. The largest absolute Gasteiger partial charge is 0.478 e. The molecule has 0 amide bonds. The number of carboxylic acid groups (broad SMARTS) is 1. The van der Waals surface area contributed by atoms with E-state index in [9.17, 15) is 9.59 Å². The van der Waals surface area contributed by atoms with Crippen molar-refractivity contribution >= 4 is 28.9 Å². The zero-order chi connectivity index (χ0) is 11.5. The lowest BCUT2D eigenvalue weighted by Crippen LogP contribution is -2.05. The molecule has 7 nitrogen and oxygen atoms in total. The molecule has 0 saturated carbocycles. The molecule has 16 heavy (non-hydrogen) atoms. The molecule has 0 radical (unpaired) electrons. The molecule has 0 unspecified atom stereocenters. The molecule has 0 aliphatic heterocycles. The van der Waals surface area contributed by atoms with Gasteiger partial charge >= 0.3 is 5.97 Å². The Morgan fingerprint density at radius 2 is 2.38 bits per heavy atom. The van der Waals surface area contributed by atoms with Crippen molar-refractivity contribution in [2.24, 2.45) is 0 Å². The Morgan fingerprint density at radius 3 is 3.06 bits per heavy atom. The van der Waals surface area contributed by atoms with Gasteiger partial charge in [-0.3, -0.25) is 4.79 Å². The number of aromatic amines is 2. The number of hydrogen-bond donors (Lipinski definition) is 3. The average Bonchev–Trinajstić information content (AvgIpc) is 2.61. The van der Waals surface area contributed by atoms with Gasteiger partial charge in [-0.25, -0.2) is 14.8 Å². The lowest BCUT2D eigenvalue weighted by Gasteiger charge is -1.84. The molecule has 0 aliphatic carbocycles. The summed E-state index contributed by atoms with van der Waals surface area (Å²) >= 11 is 1.06. The zero-order valence-corrected chi connectivity index (χ0v) is 8.61. The Labute approximate surface area is 92.6 Å². The van der Waals surface area contributed by atoms with Gasteiger partial charge in [-0.1, -0.05) is 11.8 Å². The summed E-state index contributed by atoms with van der Waals surface area (Å²) in [5.74, 6) is -1.04. The Morgan fingerprint density at radius 1 is 1.56 bits per heavy atom. The van der Waals surface area contributed by atoms with Crippen LogP contribution in [0.3, 0.4) is 0 Å². The van der Waals surface area contributed by atoms with Gasteiger partial charge in [0.2, 0.25) is 0 Å². The van der Waals surface area contributed by atoms with Crippen LogP contribution >= 0.6 is 11.8 Å². The summed E-state index contributed by atoms with van der Waals surface area (Å²) in [6.45, 7) is 0. The SMILES string of the molecule is O=C(O)/C=C/Sc1nc2nc[nH]c(=O)c2[nH]1. The quantitative estimate of drug-likeness (QED) is 0.525. The van der Waals surface area contributed by atoms with E-state index in [0.717, 1.165) is 17.8 Å². The van der Waals surface area contributed by atoms with Gasteiger partial charge in [-0.2, -0.15) is 0 Å². The molecule has 2 aromatic rings. The van der Waals surface area contributed by atoms with Crippen LogP contribution in [-0.2, 0) is 4.79 Å². The van der Waals surface area contributed by atoms with Crippen LogP contribution in [0, 0.1) is 0 Å². The molecule has 0 aliphatic rings. The molecule has 3 N–H and O–H groups in total. The molecule has 0 saturated heterocycles. The summed E-state index contributed by atoms with van der Waals surface area (Å²) in [5, 5.41) is 10.1. The Hall–Kier alpha value is -2.09. The minimum atomic E-state index is -1.04. The van der Waals surface area contributed by atoms with Crippen LogP contribution in [0.1, 0.15) is 0 Å². The van der Waals surface area contributed by atoms with Crippen molar-refractivity contribution in [3.8, 4) is 0 Å². The number of rotatable bonds is 3. The summed E-state index contributed by atoms with van der Waals surface area (Å²) in [5.41, 5.74) is 0.260. The highest BCUT2D eigenvalue weighted by Gasteiger charge is 2.05. The van der Waals surface area contributed by atoms with E-state index in [1.54, 1.807) is 0 Å². The fraction of sp³-hybridized carbons (Fsp3) is 0. The summed E-state index contributed by atoms with van der Waals surface area (Å²) in [4.78, 5) is 34.5. The normalized spacial score (nSPS) is 11.2. The van der Waals surface area contributed by atoms with Crippen molar-refractivity contribution in [1.29, 1.82) is 0 Å². The standard InChI is InChI=1S/C8H6N4O3S/c13-4(14)1-2-16-8-11-5-6(12-8)9-3-10-7(5)15/h1-3H,(H,13,14)(H2,9,10,11,12,15)/b2-1+. The molecular weight excluding hydrogens is 232 g/mol. The van der Waals surface area contributed by atoms with Crippen LogP contribution in [-0.4, -0.2) is 31.0 Å². The second kappa shape index (κ2) is 4.19. The number of fused-ring (bicyclic) bond motifs is 1. The monoisotopic (exact) mass is 238 g/mol. The Bertz CT molecular complexity index is 615. The number of aliphatic carboxylic acids is 1. The number of nitrogens with one attached hydrogen (secondary N) is 2. The van der Waals surface area contributed by atoms with E-state index in [1.165, 1.54) is 11.7 Å². The van der Waals surface area contributed by atoms with Gasteiger partial charge in [0, 0.05) is 6.08 Å². The summed E-state index contributed by atoms with van der Waals surface area (Å²) in [7, 11) is 0. The zero-order valence-electron chi connectivity index (χ0n) is 7.80. The number of nitrogens with zero attached hydrogens (tertiary/aromatic N) is 2. The minimum Gasteiger partial charge on any atom is -0.478 e. The van der Waals surface area contributed by atoms with E-state index in [1.807, 2.05) is 0 Å². The van der Waals surface area contributed by atoms with E-state index < -0.39 is 5.97 Å². The van der Waals surface area contributed by atoms with Crippen LogP contribution < -0.4 is 5.56 Å². The lowest BCUT2D eigenvalue weighted by atomic mass is 10.6. The van der Waals surface area contributed by atoms with Crippen LogP contribution in [0.15, 0.2) is 27.8 Å². The van der Waals surface area contributed by atoms with Gasteiger partial charge in [0.25, 0.3) is 5.56 Å². The molecule has 0 bridgehead atoms. The average molecular weight is 238 g/mol. The third kappa shape index (κ3) is 2.11. The summed E-state index contributed by atoms with van der Waals surface area (Å²) in [6, 6.07) is 0. The Kier molecular flexibility index (Phi) is 2.73. The third-order valence-electron chi connectivity index (χ3n) is 1.66. The maximum Gasteiger partial charge on any atom is 0.328 e. The second-order valence-corrected chi connectivity index (χ2v) is 3.63. The molecule has 0 fully saturated rings. The number of thioether (sulfide) groups is 1. The number of H-pyrrole nitrogens is 2. The first kappa shape index (κ1) is 10.4. The highest BCUT2D eigenvalue weighted by Crippen LogP contribution is 2.16. The van der Waals surface area contributed by atoms with Gasteiger partial charge in [0.1, 0.15) is 0 Å². The summed E-state index contributed by atoms with van der Waals surface area (Å²) < 4.78 is 0. The van der Waals surface area contributed by atoms with Crippen LogP contribution in [0.25, 0.3) is 11.2 Å². The molecule has 0 aromatic carbocycles. The van der Waals surface area contributed by atoms with E-state index in [2.05, 4.69) is 19.9 Å². The van der Waals surface area contributed by atoms with Crippen molar-refractivity contribution < 1.29 is 9.90 Å². The van der Waals surface area contributed by atoms with E-state index in [-0.39, 0.29) is 11.1 Å². The molecule has 8 heteroatoms. The summed E-state index contributed by atoms with van der Waals surface area (Å²) in [6.07, 6.45) is 2.24. The van der Waals surface area contributed by atoms with Gasteiger partial charge in [0.15, 0.2) is 16.3 Å². The van der Waals surface area contributed by atoms with E-state index in [4.69, 9.17) is 5.11 Å². The van der Waals surface area contributed by atoms with E-state index in [0.29, 0.717) is 10.8 Å². The second-order valence-electron chi connectivity index (χ2n) is 2.73. The van der Waals surface area contributed by atoms with Gasteiger partial charge < -0.3 is 15.1 Å². The van der Waals surface area contributed by atoms with E-state index >= 15 is 0 Å². The predicted octanol–water partition coefficient (Wildman–Crippen LogP) is 0.337. The van der Waals surface area contributed by atoms with Crippen LogP contribution in [0.2, 0.25) is 0 Å². The number of carbonyl (C=O) groups is 1. The lowest BCUT2D eigenvalue weighted by molar-refractivity contribution is -0.131. The van der Waals surface area contributed by atoms with Crippen molar-refractivity contribution in [3.63, 3.8) is 0 Å².